The second kappa shape index (κ2) is 31.0. The maximum absolute atomic E-state index is 13.0. The molecule has 1 aliphatic rings. The first-order chi connectivity index (χ1) is 24.7. The Bertz CT molecular complexity index is 887. The standard InChI is InChI=1S/C40H75NO10/c1-3-5-7-9-11-13-14-15-16-17-18-19-20-22-24-26-28-33(44)39(49)41-31(30-50-40-38(48)37(47)36(46)34(29-42)51-40)35(45)32(43)27-25-23-21-12-10-8-6-4-2/h12,15-16,21,31-38,40,42-48H,3-11,13-14,17-20,22-30H2,1-2H3,(H,41,49)/b16-15-,21-12+. The highest BCUT2D eigenvalue weighted by Crippen LogP contribution is 2.23. The Kier molecular flexibility index (Phi) is 28.9. The number of aliphatic hydroxyl groups excluding tert-OH is 7. The Morgan fingerprint density at radius 1 is 0.667 bits per heavy atom. The lowest BCUT2D eigenvalue weighted by Gasteiger charge is -2.40. The number of aliphatic hydroxyl groups is 7. The van der Waals surface area contributed by atoms with Crippen molar-refractivity contribution in [3.8, 4) is 0 Å². The number of carbonyl (C=O) groups is 1. The van der Waals surface area contributed by atoms with Gasteiger partial charge in [-0.15, -0.1) is 0 Å². The number of unbranched alkanes of at least 4 members (excludes halogenated alkanes) is 16. The van der Waals surface area contributed by atoms with E-state index in [4.69, 9.17) is 9.47 Å². The van der Waals surface area contributed by atoms with Gasteiger partial charge in [0, 0.05) is 0 Å². The normalized spacial score (nSPS) is 23.5. The van der Waals surface area contributed by atoms with Gasteiger partial charge in [0.15, 0.2) is 6.29 Å². The summed E-state index contributed by atoms with van der Waals surface area (Å²) in [7, 11) is 0. The molecule has 0 aromatic heterocycles. The van der Waals surface area contributed by atoms with Crippen LogP contribution in [0.5, 0.6) is 0 Å². The quantitative estimate of drug-likeness (QED) is 0.0342. The summed E-state index contributed by atoms with van der Waals surface area (Å²) in [4.78, 5) is 13.0. The van der Waals surface area contributed by atoms with Crippen molar-refractivity contribution in [2.24, 2.45) is 0 Å². The Morgan fingerprint density at radius 3 is 1.73 bits per heavy atom. The van der Waals surface area contributed by atoms with Crippen LogP contribution in [0.4, 0.5) is 0 Å². The molecule has 1 rings (SSSR count). The van der Waals surface area contributed by atoms with Gasteiger partial charge in [-0.25, -0.2) is 0 Å². The number of hydrogen-bond donors (Lipinski definition) is 8. The molecule has 9 unspecified atom stereocenters. The summed E-state index contributed by atoms with van der Waals surface area (Å²) in [6.07, 6.45) is 19.7. The summed E-state index contributed by atoms with van der Waals surface area (Å²) < 4.78 is 11.0. The lowest BCUT2D eigenvalue weighted by Crippen LogP contribution is -2.60. The lowest BCUT2D eigenvalue weighted by molar-refractivity contribution is -0.303. The smallest absolute Gasteiger partial charge is 0.249 e. The van der Waals surface area contributed by atoms with E-state index in [0.29, 0.717) is 12.8 Å². The molecule has 11 nitrogen and oxygen atoms in total. The summed E-state index contributed by atoms with van der Waals surface area (Å²) in [6, 6.07) is -1.18. The van der Waals surface area contributed by atoms with E-state index in [1.807, 2.05) is 0 Å². The van der Waals surface area contributed by atoms with Crippen molar-refractivity contribution in [1.82, 2.24) is 5.32 Å². The number of ether oxygens (including phenoxy) is 2. The molecule has 1 saturated heterocycles. The predicted octanol–water partition coefficient (Wildman–Crippen LogP) is 5.10. The van der Waals surface area contributed by atoms with E-state index < -0.39 is 74.2 Å². The van der Waals surface area contributed by atoms with Crippen LogP contribution < -0.4 is 5.32 Å². The van der Waals surface area contributed by atoms with Crippen LogP contribution in [-0.2, 0) is 14.3 Å². The number of rotatable bonds is 32. The molecule has 1 aliphatic heterocycles. The largest absolute Gasteiger partial charge is 0.394 e. The van der Waals surface area contributed by atoms with Crippen LogP contribution in [-0.4, -0.2) is 110 Å². The molecule has 1 heterocycles. The van der Waals surface area contributed by atoms with Crippen molar-refractivity contribution < 1.29 is 50.0 Å². The van der Waals surface area contributed by atoms with E-state index in [1.54, 1.807) is 0 Å². The average molecular weight is 730 g/mol. The first-order valence-corrected chi connectivity index (χ1v) is 20.2. The molecule has 11 heteroatoms. The zero-order chi connectivity index (χ0) is 37.7. The van der Waals surface area contributed by atoms with Gasteiger partial charge in [-0.05, 0) is 64.2 Å². The Labute approximate surface area is 308 Å². The molecular weight excluding hydrogens is 654 g/mol. The van der Waals surface area contributed by atoms with Gasteiger partial charge < -0.3 is 50.5 Å². The Balaban J connectivity index is 2.51. The third kappa shape index (κ3) is 21.8. The van der Waals surface area contributed by atoms with Crippen molar-refractivity contribution in [1.29, 1.82) is 0 Å². The summed E-state index contributed by atoms with van der Waals surface area (Å²) in [5, 5.41) is 75.0. The molecule has 300 valence electrons. The first-order valence-electron chi connectivity index (χ1n) is 20.2. The third-order valence-electron chi connectivity index (χ3n) is 9.73. The molecule has 0 saturated carbocycles. The average Bonchev–Trinajstić information content (AvgIpc) is 3.13. The second-order valence-corrected chi connectivity index (χ2v) is 14.3. The molecule has 51 heavy (non-hydrogen) atoms. The second-order valence-electron chi connectivity index (χ2n) is 14.3. The monoisotopic (exact) mass is 730 g/mol. The van der Waals surface area contributed by atoms with Crippen LogP contribution in [0.15, 0.2) is 24.3 Å². The van der Waals surface area contributed by atoms with Crippen molar-refractivity contribution in [2.45, 2.75) is 210 Å². The minimum absolute atomic E-state index is 0.247. The lowest BCUT2D eigenvalue weighted by atomic mass is 9.98. The van der Waals surface area contributed by atoms with Gasteiger partial charge >= 0.3 is 0 Å². The number of amides is 1. The molecular formula is C40H75NO10. The zero-order valence-electron chi connectivity index (χ0n) is 31.8. The predicted molar refractivity (Wildman–Crippen MR) is 201 cm³/mol. The first kappa shape index (κ1) is 47.6. The highest BCUT2D eigenvalue weighted by atomic mass is 16.7. The maximum atomic E-state index is 13.0. The highest BCUT2D eigenvalue weighted by molar-refractivity contribution is 5.80. The highest BCUT2D eigenvalue weighted by Gasteiger charge is 2.44. The summed E-state index contributed by atoms with van der Waals surface area (Å²) in [6.45, 7) is 3.32. The number of allylic oxidation sites excluding steroid dienone is 4. The van der Waals surface area contributed by atoms with E-state index in [2.05, 4.69) is 43.5 Å². The van der Waals surface area contributed by atoms with Crippen LogP contribution in [0.3, 0.4) is 0 Å². The SMILES string of the molecule is CCCCC/C=C/CCCC(O)C(O)C(COC1OC(CO)C(O)C(O)C1O)NC(=O)C(O)CCCCCCCC/C=C\CCCCCCCC. The number of carbonyl (C=O) groups excluding carboxylic acids is 1. The molecule has 0 radical (unpaired) electrons. The van der Waals surface area contributed by atoms with E-state index in [9.17, 15) is 40.5 Å². The van der Waals surface area contributed by atoms with Crippen LogP contribution in [0.25, 0.3) is 0 Å². The molecule has 9 atom stereocenters. The van der Waals surface area contributed by atoms with Gasteiger partial charge in [0.1, 0.15) is 36.6 Å². The van der Waals surface area contributed by atoms with Crippen LogP contribution in [0.2, 0.25) is 0 Å². The molecule has 0 spiro atoms. The van der Waals surface area contributed by atoms with Crippen LogP contribution >= 0.6 is 0 Å². The van der Waals surface area contributed by atoms with E-state index in [0.717, 1.165) is 64.2 Å². The van der Waals surface area contributed by atoms with Gasteiger partial charge in [0.25, 0.3) is 0 Å². The van der Waals surface area contributed by atoms with Gasteiger partial charge in [-0.1, -0.05) is 115 Å². The number of hydrogen-bond acceptors (Lipinski definition) is 10. The third-order valence-corrected chi connectivity index (χ3v) is 9.73. The molecule has 0 aliphatic carbocycles. The van der Waals surface area contributed by atoms with Crippen LogP contribution in [0, 0.1) is 0 Å². The van der Waals surface area contributed by atoms with Gasteiger partial charge in [-0.2, -0.15) is 0 Å². The van der Waals surface area contributed by atoms with Crippen LogP contribution in [0.1, 0.15) is 155 Å². The van der Waals surface area contributed by atoms with Crippen molar-refractivity contribution in [3.63, 3.8) is 0 Å². The molecule has 8 N–H and O–H groups in total. The van der Waals surface area contributed by atoms with E-state index in [1.165, 1.54) is 51.4 Å². The van der Waals surface area contributed by atoms with Crippen molar-refractivity contribution >= 4 is 5.91 Å². The molecule has 1 amide bonds. The van der Waals surface area contributed by atoms with Gasteiger partial charge in [0.2, 0.25) is 5.91 Å². The molecule has 1 fully saturated rings. The van der Waals surface area contributed by atoms with E-state index in [-0.39, 0.29) is 12.8 Å². The van der Waals surface area contributed by atoms with Gasteiger partial charge in [0.05, 0.1) is 25.4 Å². The Hall–Kier alpha value is -1.41. The van der Waals surface area contributed by atoms with Crippen molar-refractivity contribution in [2.75, 3.05) is 13.2 Å². The number of nitrogens with one attached hydrogen (secondary N) is 1. The fraction of sp³-hybridized carbons (Fsp3) is 0.875. The van der Waals surface area contributed by atoms with Gasteiger partial charge in [-0.3, -0.25) is 4.79 Å². The van der Waals surface area contributed by atoms with E-state index >= 15 is 0 Å². The fourth-order valence-electron chi connectivity index (χ4n) is 6.26. The fourth-order valence-corrected chi connectivity index (χ4v) is 6.26. The summed E-state index contributed by atoms with van der Waals surface area (Å²) in [5.74, 6) is -0.716. The van der Waals surface area contributed by atoms with Crippen molar-refractivity contribution in [3.05, 3.63) is 24.3 Å². The minimum Gasteiger partial charge on any atom is -0.394 e. The summed E-state index contributed by atoms with van der Waals surface area (Å²) in [5.41, 5.74) is 0. The Morgan fingerprint density at radius 2 is 1.16 bits per heavy atom. The minimum atomic E-state index is -1.66. The maximum Gasteiger partial charge on any atom is 0.249 e. The molecule has 0 aromatic carbocycles. The topological polar surface area (TPSA) is 189 Å². The molecule has 0 aromatic rings. The zero-order valence-corrected chi connectivity index (χ0v) is 31.8. The summed E-state index contributed by atoms with van der Waals surface area (Å²) >= 11 is 0. The molecule has 0 bridgehead atoms.